The number of carbonyl (C=O) groups is 1. The molecule has 1 aliphatic rings. The summed E-state index contributed by atoms with van der Waals surface area (Å²) in [6, 6.07) is 24.1. The van der Waals surface area contributed by atoms with Gasteiger partial charge in [0.1, 0.15) is 6.04 Å². The second-order valence-corrected chi connectivity index (χ2v) is 8.29. The van der Waals surface area contributed by atoms with Crippen molar-refractivity contribution >= 4 is 17.3 Å². The number of aromatic nitrogens is 2. The average Bonchev–Trinajstić information content (AvgIpc) is 3.36. The molecule has 0 spiro atoms. The summed E-state index contributed by atoms with van der Waals surface area (Å²) >= 11 is 0. The molecule has 0 fully saturated rings. The third-order valence-corrected chi connectivity index (χ3v) is 5.93. The molecule has 0 aliphatic carbocycles. The lowest BCUT2D eigenvalue weighted by atomic mass is 9.99. The van der Waals surface area contributed by atoms with Gasteiger partial charge in [-0.3, -0.25) is 4.79 Å². The number of nitrogens with zero attached hydrogens (tertiary/aromatic N) is 3. The predicted molar refractivity (Wildman–Crippen MR) is 125 cm³/mol. The minimum absolute atomic E-state index is 0.0669. The predicted octanol–water partition coefficient (Wildman–Crippen LogP) is 5.72. The molecule has 1 unspecified atom stereocenters. The maximum absolute atomic E-state index is 13.0. The van der Waals surface area contributed by atoms with Crippen LogP contribution in [-0.4, -0.2) is 22.1 Å². The number of amides is 1. The lowest BCUT2D eigenvalue weighted by Gasteiger charge is -2.38. The maximum Gasteiger partial charge on any atom is 0.471 e. The highest BCUT2D eigenvalue weighted by atomic mass is 19.4. The molecule has 6 nitrogen and oxygen atoms in total. The lowest BCUT2D eigenvalue weighted by Crippen LogP contribution is -2.48. The highest BCUT2D eigenvalue weighted by Crippen LogP contribution is 2.35. The van der Waals surface area contributed by atoms with E-state index in [-0.39, 0.29) is 17.8 Å². The molecule has 1 atom stereocenters. The maximum atomic E-state index is 13.0. The van der Waals surface area contributed by atoms with E-state index >= 15 is 0 Å². The number of para-hydroxylation sites is 2. The standard InChI is InChI=1S/C26H21F3N4O2/c27-26(28,29)25-31-23(32-35-25)19-13-10-18(11-14-19)16-33-21-9-5-4-8-20(21)30-24(34)22(33)15-12-17-6-2-1-3-7-17/h1-11,13-14,22H,12,15-16H2,(H,30,34). The first-order valence-corrected chi connectivity index (χ1v) is 11.1. The Morgan fingerprint density at radius 1 is 0.914 bits per heavy atom. The van der Waals surface area contributed by atoms with Crippen molar-refractivity contribution in [2.24, 2.45) is 0 Å². The molecule has 4 aromatic rings. The van der Waals surface area contributed by atoms with E-state index in [0.29, 0.717) is 18.5 Å². The van der Waals surface area contributed by atoms with E-state index < -0.39 is 12.1 Å². The van der Waals surface area contributed by atoms with E-state index in [9.17, 15) is 18.0 Å². The van der Waals surface area contributed by atoms with Gasteiger partial charge in [0.2, 0.25) is 11.7 Å². The van der Waals surface area contributed by atoms with Gasteiger partial charge in [0.05, 0.1) is 11.4 Å². The van der Waals surface area contributed by atoms with Gasteiger partial charge in [0, 0.05) is 12.1 Å². The van der Waals surface area contributed by atoms with Gasteiger partial charge in [-0.1, -0.05) is 71.9 Å². The van der Waals surface area contributed by atoms with E-state index in [1.54, 1.807) is 24.3 Å². The first-order valence-electron chi connectivity index (χ1n) is 11.1. The summed E-state index contributed by atoms with van der Waals surface area (Å²) < 4.78 is 42.6. The zero-order chi connectivity index (χ0) is 24.4. The first kappa shape index (κ1) is 22.6. The summed E-state index contributed by atoms with van der Waals surface area (Å²) in [7, 11) is 0. The zero-order valence-corrected chi connectivity index (χ0v) is 18.5. The number of hydrogen-bond acceptors (Lipinski definition) is 5. The normalized spacial score (nSPS) is 15.6. The van der Waals surface area contributed by atoms with Gasteiger partial charge in [0.15, 0.2) is 0 Å². The topological polar surface area (TPSA) is 71.3 Å². The molecule has 5 rings (SSSR count). The van der Waals surface area contributed by atoms with E-state index in [1.807, 2.05) is 54.6 Å². The van der Waals surface area contributed by atoms with Crippen LogP contribution < -0.4 is 10.2 Å². The van der Waals surface area contributed by atoms with Crippen molar-refractivity contribution in [3.05, 3.63) is 95.9 Å². The van der Waals surface area contributed by atoms with Gasteiger partial charge in [-0.2, -0.15) is 18.2 Å². The average molecular weight is 478 g/mol. The molecule has 1 aromatic heterocycles. The van der Waals surface area contributed by atoms with Crippen LogP contribution in [-0.2, 0) is 23.9 Å². The Morgan fingerprint density at radius 3 is 2.34 bits per heavy atom. The van der Waals surface area contributed by atoms with E-state index in [4.69, 9.17) is 0 Å². The van der Waals surface area contributed by atoms with Gasteiger partial charge in [-0.05, 0) is 36.1 Å². The molecule has 1 amide bonds. The van der Waals surface area contributed by atoms with Crippen LogP contribution in [0, 0.1) is 0 Å². The van der Waals surface area contributed by atoms with Gasteiger partial charge in [0.25, 0.3) is 0 Å². The Kier molecular flexibility index (Phi) is 5.98. The van der Waals surface area contributed by atoms with Gasteiger partial charge in [-0.25, -0.2) is 0 Å². The van der Waals surface area contributed by atoms with Gasteiger partial charge in [-0.15, -0.1) is 0 Å². The summed E-state index contributed by atoms with van der Waals surface area (Å²) in [6.07, 6.45) is -3.32. The smallest absolute Gasteiger partial charge is 0.353 e. The third kappa shape index (κ3) is 4.89. The lowest BCUT2D eigenvalue weighted by molar-refractivity contribution is -0.159. The van der Waals surface area contributed by atoms with Crippen LogP contribution in [0.1, 0.15) is 23.4 Å². The summed E-state index contributed by atoms with van der Waals surface area (Å²) in [6.45, 7) is 0.449. The van der Waals surface area contributed by atoms with Crippen molar-refractivity contribution in [2.45, 2.75) is 31.6 Å². The molecular formula is C26H21F3N4O2. The Hall–Kier alpha value is -4.14. The number of halogens is 3. The Bertz CT molecular complexity index is 1320. The number of benzene rings is 3. The third-order valence-electron chi connectivity index (χ3n) is 5.93. The Labute approximate surface area is 199 Å². The highest BCUT2D eigenvalue weighted by molar-refractivity contribution is 6.03. The van der Waals surface area contributed by atoms with Gasteiger partial charge < -0.3 is 14.7 Å². The van der Waals surface area contributed by atoms with Crippen molar-refractivity contribution < 1.29 is 22.5 Å². The SMILES string of the molecule is O=C1Nc2ccccc2N(Cc2ccc(-c3noc(C(F)(F)F)n3)cc2)C1CCc1ccccc1. The molecule has 0 bridgehead atoms. The fourth-order valence-electron chi connectivity index (χ4n) is 4.20. The first-order chi connectivity index (χ1) is 16.9. The number of aryl methyl sites for hydroxylation is 1. The van der Waals surface area contributed by atoms with Crippen molar-refractivity contribution in [3.63, 3.8) is 0 Å². The molecule has 1 aliphatic heterocycles. The van der Waals surface area contributed by atoms with Crippen LogP contribution >= 0.6 is 0 Å². The number of rotatable bonds is 6. The van der Waals surface area contributed by atoms with Crippen LogP contribution in [0.4, 0.5) is 24.5 Å². The fraction of sp³-hybridized carbons (Fsp3) is 0.192. The van der Waals surface area contributed by atoms with Crippen LogP contribution in [0.3, 0.4) is 0 Å². The minimum atomic E-state index is -4.69. The largest absolute Gasteiger partial charge is 0.471 e. The Morgan fingerprint density at radius 2 is 1.63 bits per heavy atom. The van der Waals surface area contributed by atoms with Gasteiger partial charge >= 0.3 is 12.1 Å². The molecule has 0 saturated heterocycles. The molecule has 1 N–H and O–H groups in total. The number of nitrogens with one attached hydrogen (secondary N) is 1. The Balaban J connectivity index is 1.38. The van der Waals surface area contributed by atoms with E-state index in [2.05, 4.69) is 24.9 Å². The molecule has 0 saturated carbocycles. The molecule has 3 aromatic carbocycles. The van der Waals surface area contributed by atoms with Crippen molar-refractivity contribution in [1.29, 1.82) is 0 Å². The van der Waals surface area contributed by atoms with Crippen LogP contribution in [0.15, 0.2) is 83.4 Å². The van der Waals surface area contributed by atoms with E-state index in [1.165, 1.54) is 0 Å². The summed E-state index contributed by atoms with van der Waals surface area (Å²) in [5, 5.41) is 6.44. The van der Waals surface area contributed by atoms with Crippen molar-refractivity contribution in [2.75, 3.05) is 10.2 Å². The summed E-state index contributed by atoms with van der Waals surface area (Å²) in [5.74, 6) is -1.58. The number of fused-ring (bicyclic) bond motifs is 1. The minimum Gasteiger partial charge on any atom is -0.353 e. The number of hydrogen-bond donors (Lipinski definition) is 1. The molecule has 0 radical (unpaired) electrons. The monoisotopic (exact) mass is 478 g/mol. The van der Waals surface area contributed by atoms with Crippen LogP contribution in [0.25, 0.3) is 11.4 Å². The van der Waals surface area contributed by atoms with E-state index in [0.717, 1.165) is 28.9 Å². The molecule has 2 heterocycles. The second kappa shape index (κ2) is 9.25. The molecular weight excluding hydrogens is 457 g/mol. The number of carbonyl (C=O) groups excluding carboxylic acids is 1. The molecule has 35 heavy (non-hydrogen) atoms. The second-order valence-electron chi connectivity index (χ2n) is 8.29. The summed E-state index contributed by atoms with van der Waals surface area (Å²) in [5.41, 5.74) is 4.12. The number of alkyl halides is 3. The fourth-order valence-corrected chi connectivity index (χ4v) is 4.20. The van der Waals surface area contributed by atoms with Crippen LogP contribution in [0.5, 0.6) is 0 Å². The zero-order valence-electron chi connectivity index (χ0n) is 18.5. The highest BCUT2D eigenvalue weighted by Gasteiger charge is 2.38. The summed E-state index contributed by atoms with van der Waals surface area (Å²) in [4.78, 5) is 18.5. The van der Waals surface area contributed by atoms with Crippen molar-refractivity contribution in [1.82, 2.24) is 10.1 Å². The number of anilines is 2. The van der Waals surface area contributed by atoms with Crippen molar-refractivity contribution in [3.8, 4) is 11.4 Å². The quantitative estimate of drug-likeness (QED) is 0.384. The molecule has 178 valence electrons. The van der Waals surface area contributed by atoms with Crippen LogP contribution in [0.2, 0.25) is 0 Å². The molecule has 9 heteroatoms.